The molecule has 1 fully saturated rings. The zero-order chi connectivity index (χ0) is 13.0. The summed E-state index contributed by atoms with van der Waals surface area (Å²) in [5.74, 6) is 0.843. The Balaban J connectivity index is 1.96. The van der Waals surface area contributed by atoms with Crippen LogP contribution in [0.15, 0.2) is 24.3 Å². The largest absolute Gasteiger partial charge is 0.385 e. The molecule has 1 aliphatic carbocycles. The summed E-state index contributed by atoms with van der Waals surface area (Å²) < 4.78 is 0. The van der Waals surface area contributed by atoms with Crippen LogP contribution in [0.4, 0.5) is 0 Å². The minimum atomic E-state index is -0.559. The molecule has 0 bridgehead atoms. The third-order valence-corrected chi connectivity index (χ3v) is 4.49. The van der Waals surface area contributed by atoms with Crippen LogP contribution < -0.4 is 0 Å². The number of aliphatic hydroxyl groups is 1. The van der Waals surface area contributed by atoms with Crippen LogP contribution in [0.2, 0.25) is 0 Å². The van der Waals surface area contributed by atoms with Gasteiger partial charge in [-0.2, -0.15) is 0 Å². The summed E-state index contributed by atoms with van der Waals surface area (Å²) in [5, 5.41) is 10.8. The molecule has 1 N–H and O–H groups in total. The molecule has 0 atom stereocenters. The van der Waals surface area contributed by atoms with Crippen molar-refractivity contribution < 1.29 is 5.11 Å². The molecule has 1 saturated carbocycles. The fourth-order valence-electron chi connectivity index (χ4n) is 3.09. The molecule has 0 amide bonds. The molecule has 0 spiro atoms. The zero-order valence-corrected chi connectivity index (χ0v) is 11.8. The molecular weight excluding hydrogens is 220 g/mol. The fourth-order valence-corrected chi connectivity index (χ4v) is 3.09. The second-order valence-corrected chi connectivity index (χ2v) is 5.98. The molecule has 1 nitrogen and oxygen atoms in total. The standard InChI is InChI=1S/C17H26O/c1-3-4-5-15-10-12-17(18,13-11-15)16-8-6-14(2)7-9-16/h6-9,15,18H,3-5,10-13H2,1-2H3. The molecule has 0 aliphatic heterocycles. The van der Waals surface area contributed by atoms with Crippen molar-refractivity contribution >= 4 is 0 Å². The summed E-state index contributed by atoms with van der Waals surface area (Å²) in [5.41, 5.74) is 1.82. The van der Waals surface area contributed by atoms with Gasteiger partial charge in [-0.25, -0.2) is 0 Å². The normalized spacial score (nSPS) is 28.3. The van der Waals surface area contributed by atoms with E-state index in [0.717, 1.165) is 24.3 Å². The van der Waals surface area contributed by atoms with Gasteiger partial charge in [0.2, 0.25) is 0 Å². The minimum Gasteiger partial charge on any atom is -0.385 e. The number of hydrogen-bond acceptors (Lipinski definition) is 1. The van der Waals surface area contributed by atoms with Crippen molar-refractivity contribution in [1.82, 2.24) is 0 Å². The average molecular weight is 246 g/mol. The van der Waals surface area contributed by atoms with Crippen molar-refractivity contribution in [3.63, 3.8) is 0 Å². The van der Waals surface area contributed by atoms with E-state index >= 15 is 0 Å². The van der Waals surface area contributed by atoms with E-state index in [9.17, 15) is 5.11 Å². The van der Waals surface area contributed by atoms with E-state index in [1.165, 1.54) is 37.7 Å². The van der Waals surface area contributed by atoms with Crippen LogP contribution in [0.5, 0.6) is 0 Å². The summed E-state index contributed by atoms with van der Waals surface area (Å²) in [6.07, 6.45) is 8.22. The first-order valence-electron chi connectivity index (χ1n) is 7.43. The molecule has 0 saturated heterocycles. The highest BCUT2D eigenvalue weighted by molar-refractivity contribution is 5.26. The van der Waals surface area contributed by atoms with Crippen molar-refractivity contribution in [3.05, 3.63) is 35.4 Å². The highest BCUT2D eigenvalue weighted by Gasteiger charge is 2.34. The SMILES string of the molecule is CCCCC1CCC(O)(c2ccc(C)cc2)CC1. The maximum atomic E-state index is 10.8. The maximum Gasteiger partial charge on any atom is 0.0896 e. The summed E-state index contributed by atoms with van der Waals surface area (Å²) in [4.78, 5) is 0. The van der Waals surface area contributed by atoms with Crippen molar-refractivity contribution in [2.45, 2.75) is 64.4 Å². The van der Waals surface area contributed by atoms with Gasteiger partial charge in [0.15, 0.2) is 0 Å². The van der Waals surface area contributed by atoms with Crippen LogP contribution in [0.25, 0.3) is 0 Å². The van der Waals surface area contributed by atoms with Crippen LogP contribution >= 0.6 is 0 Å². The second-order valence-electron chi connectivity index (χ2n) is 5.98. The molecule has 0 heterocycles. The van der Waals surface area contributed by atoms with E-state index in [2.05, 4.69) is 38.1 Å². The molecule has 0 radical (unpaired) electrons. The van der Waals surface area contributed by atoms with Gasteiger partial charge in [0.1, 0.15) is 0 Å². The van der Waals surface area contributed by atoms with E-state index in [4.69, 9.17) is 0 Å². The lowest BCUT2D eigenvalue weighted by Crippen LogP contribution is -2.31. The third-order valence-electron chi connectivity index (χ3n) is 4.49. The molecule has 18 heavy (non-hydrogen) atoms. The van der Waals surface area contributed by atoms with Crippen LogP contribution in [-0.2, 0) is 5.60 Å². The molecular formula is C17H26O. The van der Waals surface area contributed by atoms with Crippen LogP contribution in [-0.4, -0.2) is 5.11 Å². The zero-order valence-electron chi connectivity index (χ0n) is 11.8. The van der Waals surface area contributed by atoms with Crippen molar-refractivity contribution in [2.75, 3.05) is 0 Å². The Kier molecular flexibility index (Phi) is 4.45. The Morgan fingerprint density at radius 1 is 1.17 bits per heavy atom. The predicted molar refractivity (Wildman–Crippen MR) is 76.6 cm³/mol. The number of rotatable bonds is 4. The Hall–Kier alpha value is -0.820. The first-order valence-corrected chi connectivity index (χ1v) is 7.43. The molecule has 1 aromatic rings. The van der Waals surface area contributed by atoms with E-state index < -0.39 is 5.60 Å². The molecule has 0 aromatic heterocycles. The van der Waals surface area contributed by atoms with Crippen molar-refractivity contribution in [3.8, 4) is 0 Å². The fraction of sp³-hybridized carbons (Fsp3) is 0.647. The van der Waals surface area contributed by atoms with E-state index in [1.807, 2.05) is 0 Å². The van der Waals surface area contributed by atoms with Crippen LogP contribution in [0.1, 0.15) is 63.0 Å². The monoisotopic (exact) mass is 246 g/mol. The highest BCUT2D eigenvalue weighted by Crippen LogP contribution is 2.40. The molecule has 1 heteroatoms. The third kappa shape index (κ3) is 3.14. The lowest BCUT2D eigenvalue weighted by Gasteiger charge is -2.36. The predicted octanol–water partition coefficient (Wildman–Crippen LogP) is 4.56. The molecule has 1 aliphatic rings. The van der Waals surface area contributed by atoms with E-state index in [-0.39, 0.29) is 0 Å². The van der Waals surface area contributed by atoms with Gasteiger partial charge in [0, 0.05) is 0 Å². The molecule has 2 rings (SSSR count). The van der Waals surface area contributed by atoms with Gasteiger partial charge in [0.05, 0.1) is 5.60 Å². The number of hydrogen-bond donors (Lipinski definition) is 1. The lowest BCUT2D eigenvalue weighted by atomic mass is 9.74. The minimum absolute atomic E-state index is 0.559. The lowest BCUT2D eigenvalue weighted by molar-refractivity contribution is -0.0153. The Labute approximate surface area is 111 Å². The van der Waals surface area contributed by atoms with Gasteiger partial charge in [-0.3, -0.25) is 0 Å². The summed E-state index contributed by atoms with van der Waals surface area (Å²) >= 11 is 0. The summed E-state index contributed by atoms with van der Waals surface area (Å²) in [6.45, 7) is 4.35. The molecule has 0 unspecified atom stereocenters. The van der Waals surface area contributed by atoms with Gasteiger partial charge in [-0.15, -0.1) is 0 Å². The molecule has 100 valence electrons. The summed E-state index contributed by atoms with van der Waals surface area (Å²) in [7, 11) is 0. The second kappa shape index (κ2) is 5.88. The van der Waals surface area contributed by atoms with Gasteiger partial charge >= 0.3 is 0 Å². The topological polar surface area (TPSA) is 20.2 Å². The average Bonchev–Trinajstić information content (AvgIpc) is 2.39. The Morgan fingerprint density at radius 3 is 2.33 bits per heavy atom. The van der Waals surface area contributed by atoms with Gasteiger partial charge < -0.3 is 5.11 Å². The van der Waals surface area contributed by atoms with Gasteiger partial charge in [0.25, 0.3) is 0 Å². The number of unbranched alkanes of at least 4 members (excludes halogenated alkanes) is 1. The summed E-state index contributed by atoms with van der Waals surface area (Å²) in [6, 6.07) is 8.41. The van der Waals surface area contributed by atoms with Gasteiger partial charge in [-0.05, 0) is 44.1 Å². The van der Waals surface area contributed by atoms with Gasteiger partial charge in [-0.1, -0.05) is 56.0 Å². The molecule has 1 aromatic carbocycles. The van der Waals surface area contributed by atoms with Crippen LogP contribution in [0, 0.1) is 12.8 Å². The highest BCUT2D eigenvalue weighted by atomic mass is 16.3. The Bertz CT molecular complexity index is 358. The quantitative estimate of drug-likeness (QED) is 0.825. The smallest absolute Gasteiger partial charge is 0.0896 e. The van der Waals surface area contributed by atoms with E-state index in [1.54, 1.807) is 0 Å². The maximum absolute atomic E-state index is 10.8. The van der Waals surface area contributed by atoms with E-state index in [0.29, 0.717) is 0 Å². The first kappa shape index (κ1) is 13.6. The Morgan fingerprint density at radius 2 is 1.78 bits per heavy atom. The van der Waals surface area contributed by atoms with Crippen molar-refractivity contribution in [1.29, 1.82) is 0 Å². The van der Waals surface area contributed by atoms with Crippen LogP contribution in [0.3, 0.4) is 0 Å². The first-order chi connectivity index (χ1) is 8.64. The van der Waals surface area contributed by atoms with Crippen molar-refractivity contribution in [2.24, 2.45) is 5.92 Å². The number of benzene rings is 1. The number of aryl methyl sites for hydroxylation is 1.